The lowest BCUT2D eigenvalue weighted by molar-refractivity contribution is -0.153. The van der Waals surface area contributed by atoms with E-state index in [0.717, 1.165) is 25.9 Å². The molecule has 3 aromatic rings. The van der Waals surface area contributed by atoms with E-state index in [1.165, 1.54) is 7.11 Å². The molecule has 176 valence electrons. The molecular formula is C23H20Br2N4O5. The Bertz CT molecular complexity index is 1260. The molecule has 9 nitrogen and oxygen atoms in total. The quantitative estimate of drug-likeness (QED) is 0.291. The van der Waals surface area contributed by atoms with Crippen LogP contribution in [0, 0.1) is 6.92 Å². The number of rotatable bonds is 6. The van der Waals surface area contributed by atoms with Crippen LogP contribution in [0.15, 0.2) is 56.7 Å². The van der Waals surface area contributed by atoms with E-state index in [0.29, 0.717) is 23.7 Å². The van der Waals surface area contributed by atoms with Crippen molar-refractivity contribution < 1.29 is 23.8 Å². The van der Waals surface area contributed by atoms with Gasteiger partial charge in [0, 0.05) is 39.0 Å². The zero-order chi connectivity index (χ0) is 24.2. The topological polar surface area (TPSA) is 105 Å². The minimum absolute atomic E-state index is 0.0455. The van der Waals surface area contributed by atoms with E-state index in [9.17, 15) is 9.59 Å². The molecule has 3 heterocycles. The molecule has 1 aliphatic rings. The van der Waals surface area contributed by atoms with Crippen molar-refractivity contribution in [3.63, 3.8) is 0 Å². The van der Waals surface area contributed by atoms with Gasteiger partial charge in [-0.1, -0.05) is 6.07 Å². The van der Waals surface area contributed by atoms with Gasteiger partial charge in [-0.3, -0.25) is 19.3 Å². The van der Waals surface area contributed by atoms with Crippen molar-refractivity contribution in [2.75, 3.05) is 13.9 Å². The average Bonchev–Trinajstić information content (AvgIpc) is 3.16. The summed E-state index contributed by atoms with van der Waals surface area (Å²) in [6, 6.07) is 9.21. The number of carbonyl (C=O) groups is 2. The van der Waals surface area contributed by atoms with Crippen LogP contribution in [0.1, 0.15) is 41.7 Å². The minimum atomic E-state index is -0.922. The summed E-state index contributed by atoms with van der Waals surface area (Å²) in [5, 5.41) is 0. The third-order valence-corrected chi connectivity index (χ3v) is 7.02. The van der Waals surface area contributed by atoms with Crippen LogP contribution < -0.4 is 0 Å². The lowest BCUT2D eigenvalue weighted by Gasteiger charge is -2.15. The number of methoxy groups -OCH3 is 1. The number of nitrogens with zero attached hydrogens (tertiary/aromatic N) is 4. The number of ether oxygens (including phenoxy) is 3. The van der Waals surface area contributed by atoms with Crippen LogP contribution in [-0.4, -0.2) is 46.3 Å². The number of fused-ring (bicyclic) bond motifs is 3. The van der Waals surface area contributed by atoms with Crippen LogP contribution in [0.25, 0.3) is 5.69 Å². The number of halogens is 2. The third kappa shape index (κ3) is 5.05. The first-order valence-corrected chi connectivity index (χ1v) is 11.9. The number of imidazole rings is 1. The van der Waals surface area contributed by atoms with Crippen LogP contribution in [0.3, 0.4) is 0 Å². The predicted molar refractivity (Wildman–Crippen MR) is 130 cm³/mol. The molecule has 0 N–H and O–H groups in total. The standard InChI is InChI=1S/C23H20Br2N4O5/c1-13-11-27-22-18(6-7-20(30)33-12-34-23(31)32-2)28-21(17-5-3-4-8-26-17)14-9-15(24)16(25)10-19(14)29(13)22/h3-5,8-11,18H,6-7,12H2,1-2H3/t18-/m0/s1. The Balaban J connectivity index is 1.70. The molecule has 0 fully saturated rings. The van der Waals surface area contributed by atoms with Crippen molar-refractivity contribution in [1.29, 1.82) is 0 Å². The number of aromatic nitrogens is 3. The lowest BCUT2D eigenvalue weighted by Crippen LogP contribution is -2.14. The molecule has 0 radical (unpaired) electrons. The number of esters is 1. The van der Waals surface area contributed by atoms with Gasteiger partial charge in [-0.05, 0) is 69.5 Å². The molecule has 2 aromatic heterocycles. The van der Waals surface area contributed by atoms with E-state index in [2.05, 4.69) is 51.3 Å². The minimum Gasteiger partial charge on any atom is -0.438 e. The normalized spacial score (nSPS) is 14.4. The first-order valence-electron chi connectivity index (χ1n) is 10.3. The molecule has 0 saturated heterocycles. The maximum atomic E-state index is 12.3. The second kappa shape index (κ2) is 10.5. The first-order chi connectivity index (χ1) is 16.4. The van der Waals surface area contributed by atoms with Crippen LogP contribution >= 0.6 is 31.9 Å². The summed E-state index contributed by atoms with van der Waals surface area (Å²) in [6.07, 6.45) is 2.96. The van der Waals surface area contributed by atoms with Gasteiger partial charge >= 0.3 is 12.1 Å². The van der Waals surface area contributed by atoms with Crippen molar-refractivity contribution in [2.24, 2.45) is 4.99 Å². The van der Waals surface area contributed by atoms with E-state index in [1.54, 1.807) is 12.4 Å². The summed E-state index contributed by atoms with van der Waals surface area (Å²) < 4.78 is 17.7. The fraction of sp³-hybridized carbons (Fsp3) is 0.261. The molecule has 11 heteroatoms. The molecule has 0 bridgehead atoms. The van der Waals surface area contributed by atoms with Gasteiger partial charge in [0.05, 0.1) is 24.2 Å². The SMILES string of the molecule is COC(=O)OCOC(=O)CC[C@@H]1N=C(c2ccccn2)c2cc(Br)c(Br)cc2-n2c(C)cnc21. The van der Waals surface area contributed by atoms with Gasteiger partial charge in [0.2, 0.25) is 6.79 Å². The van der Waals surface area contributed by atoms with Gasteiger partial charge in [0.1, 0.15) is 11.9 Å². The molecule has 0 spiro atoms. The van der Waals surface area contributed by atoms with Crippen LogP contribution in [0.2, 0.25) is 0 Å². The van der Waals surface area contributed by atoms with Crippen molar-refractivity contribution >= 4 is 49.7 Å². The molecular weight excluding hydrogens is 572 g/mol. The second-order valence-corrected chi connectivity index (χ2v) is 9.07. The van der Waals surface area contributed by atoms with Crippen molar-refractivity contribution in [3.8, 4) is 5.69 Å². The van der Waals surface area contributed by atoms with Gasteiger partial charge in [0.25, 0.3) is 0 Å². The zero-order valence-corrected chi connectivity index (χ0v) is 21.5. The monoisotopic (exact) mass is 590 g/mol. The highest BCUT2D eigenvalue weighted by Crippen LogP contribution is 2.37. The molecule has 0 saturated carbocycles. The Hall–Kier alpha value is -3.05. The van der Waals surface area contributed by atoms with Crippen molar-refractivity contribution in [2.45, 2.75) is 25.8 Å². The smallest absolute Gasteiger partial charge is 0.438 e. The van der Waals surface area contributed by atoms with Crippen LogP contribution in [0.5, 0.6) is 0 Å². The van der Waals surface area contributed by atoms with E-state index in [1.807, 2.05) is 41.8 Å². The fourth-order valence-corrected chi connectivity index (χ4v) is 4.30. The largest absolute Gasteiger partial charge is 0.510 e. The van der Waals surface area contributed by atoms with Crippen molar-refractivity contribution in [1.82, 2.24) is 14.5 Å². The summed E-state index contributed by atoms with van der Waals surface area (Å²) >= 11 is 7.20. The van der Waals surface area contributed by atoms with E-state index < -0.39 is 25.0 Å². The lowest BCUT2D eigenvalue weighted by atomic mass is 10.0. The van der Waals surface area contributed by atoms with Gasteiger partial charge in [-0.25, -0.2) is 9.78 Å². The highest BCUT2D eigenvalue weighted by molar-refractivity contribution is 9.13. The molecule has 1 aromatic carbocycles. The zero-order valence-electron chi connectivity index (χ0n) is 18.3. The predicted octanol–water partition coefficient (Wildman–Crippen LogP) is 5.06. The summed E-state index contributed by atoms with van der Waals surface area (Å²) in [5.74, 6) is 0.179. The maximum Gasteiger partial charge on any atom is 0.510 e. The Morgan fingerprint density at radius 3 is 2.65 bits per heavy atom. The Labute approximate surface area is 212 Å². The third-order valence-electron chi connectivity index (χ3n) is 5.18. The second-order valence-electron chi connectivity index (χ2n) is 7.36. The summed E-state index contributed by atoms with van der Waals surface area (Å²) in [4.78, 5) is 37.5. The summed E-state index contributed by atoms with van der Waals surface area (Å²) in [6.45, 7) is 1.46. The van der Waals surface area contributed by atoms with E-state index in [-0.39, 0.29) is 6.42 Å². The highest BCUT2D eigenvalue weighted by Gasteiger charge is 2.29. The van der Waals surface area contributed by atoms with Gasteiger partial charge in [-0.2, -0.15) is 0 Å². The highest BCUT2D eigenvalue weighted by atomic mass is 79.9. The number of hydrogen-bond donors (Lipinski definition) is 0. The molecule has 0 amide bonds. The van der Waals surface area contributed by atoms with Gasteiger partial charge in [-0.15, -0.1) is 0 Å². The maximum absolute atomic E-state index is 12.3. The fourth-order valence-electron chi connectivity index (χ4n) is 3.63. The molecule has 0 unspecified atom stereocenters. The van der Waals surface area contributed by atoms with Crippen LogP contribution in [0.4, 0.5) is 4.79 Å². The Kier molecular flexibility index (Phi) is 7.42. The molecule has 34 heavy (non-hydrogen) atoms. The summed E-state index contributed by atoms with van der Waals surface area (Å²) in [5.41, 5.74) is 4.12. The number of aliphatic imine (C=N–C) groups is 1. The number of hydrogen-bond acceptors (Lipinski definition) is 8. The molecule has 1 aliphatic heterocycles. The number of aryl methyl sites for hydroxylation is 1. The number of pyridine rings is 1. The van der Waals surface area contributed by atoms with Gasteiger partial charge in [0.15, 0.2) is 0 Å². The molecule has 1 atom stereocenters. The van der Waals surface area contributed by atoms with E-state index in [4.69, 9.17) is 9.73 Å². The Morgan fingerprint density at radius 1 is 1.12 bits per heavy atom. The number of carbonyl (C=O) groups excluding carboxylic acids is 2. The van der Waals surface area contributed by atoms with Gasteiger partial charge < -0.3 is 14.2 Å². The Morgan fingerprint density at radius 2 is 1.91 bits per heavy atom. The summed E-state index contributed by atoms with van der Waals surface area (Å²) in [7, 11) is 1.17. The van der Waals surface area contributed by atoms with Crippen LogP contribution in [-0.2, 0) is 19.0 Å². The van der Waals surface area contributed by atoms with Crippen molar-refractivity contribution in [3.05, 3.63) is 74.4 Å². The first kappa shape index (κ1) is 24.1. The number of benzene rings is 1. The average molecular weight is 592 g/mol. The molecule has 0 aliphatic carbocycles. The van der Waals surface area contributed by atoms with E-state index >= 15 is 0 Å². The molecule has 4 rings (SSSR count).